The number of rotatable bonds is 2. The first kappa shape index (κ1) is 14.4. The lowest BCUT2D eigenvalue weighted by molar-refractivity contribution is -0.645. The number of hydrogen-bond acceptors (Lipinski definition) is 4. The van der Waals surface area contributed by atoms with E-state index in [1.165, 1.54) is 13.8 Å². The molecule has 108 valence electrons. The van der Waals surface area contributed by atoms with Crippen LogP contribution in [0.25, 0.3) is 0 Å². The summed E-state index contributed by atoms with van der Waals surface area (Å²) in [6.45, 7) is 7.96. The number of nitrogens with zero attached hydrogens (tertiary/aromatic N) is 2. The van der Waals surface area contributed by atoms with Gasteiger partial charge in [-0.3, -0.25) is 20.2 Å². The van der Waals surface area contributed by atoms with E-state index < -0.39 is 16.5 Å². The molecule has 0 amide bonds. The molecular weight excluding hydrogens is 260 g/mol. The highest BCUT2D eigenvalue weighted by Gasteiger charge is 2.75. The Balaban J connectivity index is 2.99. The fraction of sp³-hybridized carbons (Fsp3) is 0.571. The van der Waals surface area contributed by atoms with Crippen LogP contribution in [0.15, 0.2) is 18.2 Å². The molecule has 0 saturated carbocycles. The first-order valence-electron chi connectivity index (χ1n) is 6.42. The molecule has 0 aromatic heterocycles. The predicted octanol–water partition coefficient (Wildman–Crippen LogP) is 3.02. The molecule has 6 nitrogen and oxygen atoms in total. The zero-order valence-corrected chi connectivity index (χ0v) is 12.3. The van der Waals surface area contributed by atoms with Crippen molar-refractivity contribution in [1.29, 1.82) is 0 Å². The van der Waals surface area contributed by atoms with Gasteiger partial charge < -0.3 is 0 Å². The monoisotopic (exact) mass is 278 g/mol. The van der Waals surface area contributed by atoms with Crippen LogP contribution in [0, 0.1) is 32.6 Å². The van der Waals surface area contributed by atoms with Crippen molar-refractivity contribution in [2.75, 3.05) is 0 Å². The highest BCUT2D eigenvalue weighted by molar-refractivity contribution is 5.49. The van der Waals surface area contributed by atoms with Gasteiger partial charge in [0.05, 0.1) is 0 Å². The molecule has 0 heterocycles. The van der Waals surface area contributed by atoms with Crippen LogP contribution >= 0.6 is 0 Å². The normalized spacial score (nSPS) is 30.9. The molecule has 6 heteroatoms. The van der Waals surface area contributed by atoms with Gasteiger partial charge in [0.1, 0.15) is 5.41 Å². The Bertz CT molecular complexity index is 626. The van der Waals surface area contributed by atoms with Crippen LogP contribution in [0.1, 0.15) is 44.4 Å². The SMILES string of the molecule is Cc1cccc2c1C(C)([N+](=O)[O-])C(C)(C)C2(C)[N+](=O)[O-]. The lowest BCUT2D eigenvalue weighted by Crippen LogP contribution is -2.53. The summed E-state index contributed by atoms with van der Waals surface area (Å²) in [5, 5.41) is 23.5. The second kappa shape index (κ2) is 3.77. The molecule has 0 N–H and O–H groups in total. The van der Waals surface area contributed by atoms with Gasteiger partial charge in [-0.05, 0) is 26.3 Å². The van der Waals surface area contributed by atoms with E-state index in [4.69, 9.17) is 0 Å². The number of aryl methyl sites for hydroxylation is 1. The van der Waals surface area contributed by atoms with E-state index in [0.29, 0.717) is 11.1 Å². The van der Waals surface area contributed by atoms with Crippen LogP contribution in [0.3, 0.4) is 0 Å². The van der Waals surface area contributed by atoms with Crippen molar-refractivity contribution in [2.24, 2.45) is 5.41 Å². The van der Waals surface area contributed by atoms with Gasteiger partial charge in [0, 0.05) is 34.8 Å². The Morgan fingerprint density at radius 1 is 0.950 bits per heavy atom. The zero-order chi connectivity index (χ0) is 15.5. The Kier molecular flexibility index (Phi) is 2.72. The largest absolute Gasteiger partial charge is 0.264 e. The minimum Gasteiger partial charge on any atom is -0.264 e. The average molecular weight is 278 g/mol. The molecule has 0 saturated heterocycles. The van der Waals surface area contributed by atoms with E-state index in [-0.39, 0.29) is 9.85 Å². The van der Waals surface area contributed by atoms with E-state index in [0.717, 1.165) is 5.56 Å². The van der Waals surface area contributed by atoms with Crippen LogP contribution in [-0.4, -0.2) is 9.85 Å². The highest BCUT2D eigenvalue weighted by atomic mass is 16.6. The second-order valence-corrected chi connectivity index (χ2v) is 6.28. The number of fused-ring (bicyclic) bond motifs is 1. The Morgan fingerprint density at radius 3 is 1.90 bits per heavy atom. The smallest absolute Gasteiger partial charge is 0.257 e. The first-order chi connectivity index (χ1) is 9.02. The molecular formula is C14H18N2O4. The third-order valence-corrected chi connectivity index (χ3v) is 5.45. The molecule has 1 aromatic rings. The number of benzene rings is 1. The molecule has 0 radical (unpaired) electrons. The summed E-state index contributed by atoms with van der Waals surface area (Å²) in [7, 11) is 0. The van der Waals surface area contributed by atoms with Crippen molar-refractivity contribution < 1.29 is 9.85 Å². The number of hydrogen-bond donors (Lipinski definition) is 0. The van der Waals surface area contributed by atoms with Crippen molar-refractivity contribution in [3.8, 4) is 0 Å². The van der Waals surface area contributed by atoms with Gasteiger partial charge in [0.15, 0.2) is 0 Å². The molecule has 2 unspecified atom stereocenters. The third kappa shape index (κ3) is 1.24. The van der Waals surface area contributed by atoms with E-state index in [1.807, 2.05) is 0 Å². The molecule has 0 fully saturated rings. The third-order valence-electron chi connectivity index (χ3n) is 5.45. The van der Waals surface area contributed by atoms with Crippen molar-refractivity contribution in [3.05, 3.63) is 55.1 Å². The van der Waals surface area contributed by atoms with E-state index in [2.05, 4.69) is 0 Å². The van der Waals surface area contributed by atoms with Gasteiger partial charge in [-0.2, -0.15) is 0 Å². The lowest BCUT2D eigenvalue weighted by atomic mass is 9.66. The summed E-state index contributed by atoms with van der Waals surface area (Å²) < 4.78 is 0. The quantitative estimate of drug-likeness (QED) is 0.614. The summed E-state index contributed by atoms with van der Waals surface area (Å²) in [5.41, 5.74) is -2.48. The van der Waals surface area contributed by atoms with Gasteiger partial charge >= 0.3 is 0 Å². The highest BCUT2D eigenvalue weighted by Crippen LogP contribution is 2.62. The first-order valence-corrected chi connectivity index (χ1v) is 6.42. The van der Waals surface area contributed by atoms with Gasteiger partial charge in [-0.15, -0.1) is 0 Å². The molecule has 2 rings (SSSR count). The topological polar surface area (TPSA) is 86.3 Å². The molecule has 2 atom stereocenters. The average Bonchev–Trinajstić information content (AvgIpc) is 2.48. The van der Waals surface area contributed by atoms with Crippen LogP contribution in [0.4, 0.5) is 0 Å². The second-order valence-electron chi connectivity index (χ2n) is 6.28. The maximum atomic E-state index is 11.7. The van der Waals surface area contributed by atoms with E-state index in [1.54, 1.807) is 39.0 Å². The molecule has 0 bridgehead atoms. The van der Waals surface area contributed by atoms with Crippen molar-refractivity contribution in [3.63, 3.8) is 0 Å². The molecule has 1 aliphatic carbocycles. The summed E-state index contributed by atoms with van der Waals surface area (Å²) in [6, 6.07) is 5.13. The maximum absolute atomic E-state index is 11.7. The Morgan fingerprint density at radius 2 is 1.45 bits per heavy atom. The fourth-order valence-corrected chi connectivity index (χ4v) is 3.49. The van der Waals surface area contributed by atoms with Gasteiger partial charge in [0.2, 0.25) is 0 Å². The molecule has 20 heavy (non-hydrogen) atoms. The zero-order valence-electron chi connectivity index (χ0n) is 12.3. The lowest BCUT2D eigenvalue weighted by Gasteiger charge is -2.36. The Hall–Kier alpha value is -1.98. The van der Waals surface area contributed by atoms with Gasteiger partial charge in [0.25, 0.3) is 11.1 Å². The van der Waals surface area contributed by atoms with Crippen molar-refractivity contribution >= 4 is 0 Å². The number of nitro groups is 2. The molecule has 1 aromatic carbocycles. The minimum absolute atomic E-state index is 0.381. The van der Waals surface area contributed by atoms with E-state index in [9.17, 15) is 20.2 Å². The Labute approximate surface area is 117 Å². The molecule has 0 spiro atoms. The van der Waals surface area contributed by atoms with Gasteiger partial charge in [-0.25, -0.2) is 0 Å². The fourth-order valence-electron chi connectivity index (χ4n) is 3.49. The predicted molar refractivity (Wildman–Crippen MR) is 73.7 cm³/mol. The summed E-state index contributed by atoms with van der Waals surface area (Å²) in [6.07, 6.45) is 0. The van der Waals surface area contributed by atoms with Crippen LogP contribution in [-0.2, 0) is 11.1 Å². The van der Waals surface area contributed by atoms with Crippen LogP contribution in [0.2, 0.25) is 0 Å². The molecule has 0 aliphatic heterocycles. The summed E-state index contributed by atoms with van der Waals surface area (Å²) in [5.74, 6) is 0. The standard InChI is InChI=1S/C14H18N2O4/c1-9-7-6-8-10-11(9)14(5,16(19)20)12(2,3)13(10,4)15(17)18/h6-8H,1-5H3. The summed E-state index contributed by atoms with van der Waals surface area (Å²) >= 11 is 0. The minimum atomic E-state index is -1.49. The van der Waals surface area contributed by atoms with Crippen molar-refractivity contribution in [1.82, 2.24) is 0 Å². The maximum Gasteiger partial charge on any atom is 0.257 e. The van der Waals surface area contributed by atoms with Crippen LogP contribution < -0.4 is 0 Å². The van der Waals surface area contributed by atoms with Gasteiger partial charge in [-0.1, -0.05) is 18.2 Å². The van der Waals surface area contributed by atoms with Crippen molar-refractivity contribution in [2.45, 2.75) is 45.7 Å². The summed E-state index contributed by atoms with van der Waals surface area (Å²) in [4.78, 5) is 22.7. The van der Waals surface area contributed by atoms with Crippen LogP contribution in [0.5, 0.6) is 0 Å². The molecule has 1 aliphatic rings. The van der Waals surface area contributed by atoms with E-state index >= 15 is 0 Å².